The predicted octanol–water partition coefficient (Wildman–Crippen LogP) is 0.187. The first-order valence-corrected chi connectivity index (χ1v) is 5.35. The van der Waals surface area contributed by atoms with Crippen molar-refractivity contribution in [2.24, 2.45) is 0 Å². The Morgan fingerprint density at radius 2 is 2.50 bits per heavy atom. The molecular weight excluding hydrogens is 208 g/mol. The van der Waals surface area contributed by atoms with Crippen LogP contribution in [0.3, 0.4) is 0 Å². The van der Waals surface area contributed by atoms with E-state index >= 15 is 0 Å². The fraction of sp³-hybridized carbons (Fsp3) is 0.545. The predicted molar refractivity (Wildman–Crippen MR) is 59.4 cm³/mol. The van der Waals surface area contributed by atoms with E-state index in [0.717, 1.165) is 25.8 Å². The van der Waals surface area contributed by atoms with Gasteiger partial charge >= 0.3 is 0 Å². The molecule has 0 aromatic carbocycles. The highest BCUT2D eigenvalue weighted by Crippen LogP contribution is 2.14. The van der Waals surface area contributed by atoms with Crippen molar-refractivity contribution in [3.63, 3.8) is 0 Å². The molecule has 0 radical (unpaired) electrons. The Morgan fingerprint density at radius 1 is 1.69 bits per heavy atom. The zero-order valence-electron chi connectivity index (χ0n) is 9.25. The summed E-state index contributed by atoms with van der Waals surface area (Å²) in [7, 11) is 0. The first-order valence-electron chi connectivity index (χ1n) is 5.35. The van der Waals surface area contributed by atoms with Gasteiger partial charge in [0, 0.05) is 18.2 Å². The van der Waals surface area contributed by atoms with Crippen LogP contribution in [0.1, 0.15) is 19.1 Å². The molecule has 1 atom stereocenters. The Kier molecular flexibility index (Phi) is 2.98. The van der Waals surface area contributed by atoms with E-state index in [2.05, 4.69) is 17.6 Å². The highest BCUT2D eigenvalue weighted by atomic mass is 16.4. The molecule has 0 saturated carbocycles. The van der Waals surface area contributed by atoms with Crippen molar-refractivity contribution in [3.8, 4) is 5.75 Å². The monoisotopic (exact) mass is 224 g/mol. The molecule has 16 heavy (non-hydrogen) atoms. The molecule has 5 heteroatoms. The molecular formula is C11H16N2O3. The molecule has 5 nitrogen and oxygen atoms in total. The van der Waals surface area contributed by atoms with Gasteiger partial charge in [-0.05, 0) is 19.9 Å². The minimum Gasteiger partial charge on any atom is -0.502 e. The van der Waals surface area contributed by atoms with E-state index in [0.29, 0.717) is 12.3 Å². The van der Waals surface area contributed by atoms with E-state index in [-0.39, 0.29) is 11.3 Å². The third-order valence-electron chi connectivity index (χ3n) is 2.92. The molecule has 1 saturated heterocycles. The van der Waals surface area contributed by atoms with E-state index in [1.165, 1.54) is 6.07 Å². The number of aromatic hydroxyl groups is 1. The van der Waals surface area contributed by atoms with Crippen molar-refractivity contribution < 1.29 is 9.52 Å². The fourth-order valence-corrected chi connectivity index (χ4v) is 1.80. The maximum atomic E-state index is 11.2. The van der Waals surface area contributed by atoms with Crippen molar-refractivity contribution in [1.82, 2.24) is 10.6 Å². The minimum atomic E-state index is -0.405. The van der Waals surface area contributed by atoms with Crippen LogP contribution in [-0.4, -0.2) is 23.7 Å². The van der Waals surface area contributed by atoms with Gasteiger partial charge in [0.25, 0.3) is 0 Å². The van der Waals surface area contributed by atoms with Gasteiger partial charge in [-0.25, -0.2) is 0 Å². The second-order valence-electron chi connectivity index (χ2n) is 4.44. The first-order chi connectivity index (χ1) is 7.59. The highest BCUT2D eigenvalue weighted by molar-refractivity contribution is 5.15. The highest BCUT2D eigenvalue weighted by Gasteiger charge is 2.27. The lowest BCUT2D eigenvalue weighted by Gasteiger charge is -2.23. The average molecular weight is 224 g/mol. The van der Waals surface area contributed by atoms with Gasteiger partial charge in [-0.1, -0.05) is 0 Å². The molecule has 1 aromatic rings. The summed E-state index contributed by atoms with van der Waals surface area (Å²) in [5.41, 5.74) is -0.353. The molecule has 0 amide bonds. The minimum absolute atomic E-state index is 0.0520. The van der Waals surface area contributed by atoms with Crippen LogP contribution in [-0.2, 0) is 6.54 Å². The molecule has 0 spiro atoms. The standard InChI is InChI=1S/C11H16N2O3/c1-11(2-3-12-7-11)13-5-8-4-9(14)10(15)6-16-8/h4,6,12-13,15H,2-3,5,7H2,1H3. The lowest BCUT2D eigenvalue weighted by molar-refractivity contribution is 0.349. The number of hydrogen-bond donors (Lipinski definition) is 3. The lowest BCUT2D eigenvalue weighted by Crippen LogP contribution is -2.43. The van der Waals surface area contributed by atoms with Gasteiger partial charge in [0.1, 0.15) is 12.0 Å². The molecule has 88 valence electrons. The van der Waals surface area contributed by atoms with Gasteiger partial charge in [0.05, 0.1) is 6.54 Å². The molecule has 1 aliphatic heterocycles. The van der Waals surface area contributed by atoms with Crippen LogP contribution in [0.25, 0.3) is 0 Å². The maximum absolute atomic E-state index is 11.2. The number of nitrogens with one attached hydrogen (secondary N) is 2. The summed E-state index contributed by atoms with van der Waals surface area (Å²) in [6.07, 6.45) is 2.13. The second-order valence-corrected chi connectivity index (χ2v) is 4.44. The van der Waals surface area contributed by atoms with Crippen LogP contribution in [0, 0.1) is 0 Å². The second kappa shape index (κ2) is 4.27. The Labute approximate surface area is 93.5 Å². The number of hydrogen-bond acceptors (Lipinski definition) is 5. The van der Waals surface area contributed by atoms with Crippen LogP contribution in [0.2, 0.25) is 0 Å². The van der Waals surface area contributed by atoms with Crippen LogP contribution in [0.4, 0.5) is 0 Å². The van der Waals surface area contributed by atoms with Crippen LogP contribution >= 0.6 is 0 Å². The third kappa shape index (κ3) is 2.43. The summed E-state index contributed by atoms with van der Waals surface area (Å²) in [5.74, 6) is 0.188. The molecule has 1 fully saturated rings. The summed E-state index contributed by atoms with van der Waals surface area (Å²) >= 11 is 0. The quantitative estimate of drug-likeness (QED) is 0.683. The van der Waals surface area contributed by atoms with Gasteiger partial charge in [-0.2, -0.15) is 0 Å². The summed E-state index contributed by atoms with van der Waals surface area (Å²) in [6, 6.07) is 1.31. The Morgan fingerprint density at radius 3 is 3.12 bits per heavy atom. The molecule has 1 unspecified atom stereocenters. The van der Waals surface area contributed by atoms with Gasteiger partial charge < -0.3 is 20.2 Å². The fourth-order valence-electron chi connectivity index (χ4n) is 1.80. The molecule has 0 aliphatic carbocycles. The van der Waals surface area contributed by atoms with Gasteiger partial charge in [0.2, 0.25) is 5.43 Å². The summed E-state index contributed by atoms with van der Waals surface area (Å²) < 4.78 is 5.11. The lowest BCUT2D eigenvalue weighted by atomic mass is 10.0. The molecule has 0 bridgehead atoms. The molecule has 1 aromatic heterocycles. The molecule has 2 rings (SSSR count). The third-order valence-corrected chi connectivity index (χ3v) is 2.92. The molecule has 3 N–H and O–H groups in total. The largest absolute Gasteiger partial charge is 0.502 e. The van der Waals surface area contributed by atoms with Crippen LogP contribution in [0.15, 0.2) is 21.5 Å². The summed E-state index contributed by atoms with van der Waals surface area (Å²) in [6.45, 7) is 4.54. The maximum Gasteiger partial charge on any atom is 0.226 e. The van der Waals surface area contributed by atoms with Crippen LogP contribution in [0.5, 0.6) is 5.75 Å². The van der Waals surface area contributed by atoms with Crippen molar-refractivity contribution in [3.05, 3.63) is 28.3 Å². The van der Waals surface area contributed by atoms with Crippen molar-refractivity contribution >= 4 is 0 Å². The summed E-state index contributed by atoms with van der Waals surface area (Å²) in [4.78, 5) is 11.2. The zero-order valence-corrected chi connectivity index (χ0v) is 9.25. The van der Waals surface area contributed by atoms with E-state index in [1.807, 2.05) is 0 Å². The SMILES string of the molecule is CC1(NCc2cc(=O)c(O)co2)CCNC1. The van der Waals surface area contributed by atoms with Gasteiger partial charge in [-0.3, -0.25) is 4.79 Å². The van der Waals surface area contributed by atoms with E-state index in [4.69, 9.17) is 9.52 Å². The van der Waals surface area contributed by atoms with E-state index in [9.17, 15) is 4.79 Å². The Bertz CT molecular complexity index is 421. The Hall–Kier alpha value is -1.33. The topological polar surface area (TPSA) is 74.5 Å². The van der Waals surface area contributed by atoms with Crippen molar-refractivity contribution in [1.29, 1.82) is 0 Å². The van der Waals surface area contributed by atoms with Crippen LogP contribution < -0.4 is 16.1 Å². The Balaban J connectivity index is 1.99. The zero-order chi connectivity index (χ0) is 11.6. The summed E-state index contributed by atoms with van der Waals surface area (Å²) in [5, 5.41) is 15.7. The smallest absolute Gasteiger partial charge is 0.226 e. The van der Waals surface area contributed by atoms with Crippen molar-refractivity contribution in [2.45, 2.75) is 25.4 Å². The van der Waals surface area contributed by atoms with E-state index < -0.39 is 5.43 Å². The van der Waals surface area contributed by atoms with Crippen molar-refractivity contribution in [2.75, 3.05) is 13.1 Å². The molecule has 2 heterocycles. The normalized spacial score (nSPS) is 24.8. The van der Waals surface area contributed by atoms with E-state index in [1.54, 1.807) is 0 Å². The van der Waals surface area contributed by atoms with Gasteiger partial charge in [-0.15, -0.1) is 0 Å². The number of rotatable bonds is 3. The van der Waals surface area contributed by atoms with Gasteiger partial charge in [0.15, 0.2) is 5.75 Å². The first kappa shape index (κ1) is 11.2. The molecule has 1 aliphatic rings. The average Bonchev–Trinajstić information content (AvgIpc) is 2.68.